The Bertz CT molecular complexity index is 1010. The van der Waals surface area contributed by atoms with Gasteiger partial charge in [0.1, 0.15) is 15.8 Å². The largest absolute Gasteiger partial charge is 0.456 e. The number of hydrogen-bond donors (Lipinski definition) is 1. The normalized spacial score (nSPS) is 27.6. The van der Waals surface area contributed by atoms with Crippen molar-refractivity contribution in [2.75, 3.05) is 0 Å². The molecule has 29 heavy (non-hydrogen) atoms. The Morgan fingerprint density at radius 3 is 2.72 bits per heavy atom. The number of aliphatic hydroxyl groups excluding tert-OH is 1. The number of hydrogen-bond acceptors (Lipinski definition) is 5. The Labute approximate surface area is 183 Å². The molecule has 2 aromatic rings. The molecule has 1 aromatic carbocycles. The van der Waals surface area contributed by atoms with Crippen LogP contribution in [0.15, 0.2) is 39.7 Å². The number of halogens is 1. The van der Waals surface area contributed by atoms with Gasteiger partial charge in [0.15, 0.2) is 0 Å². The quantitative estimate of drug-likeness (QED) is 0.498. The lowest BCUT2D eigenvalue weighted by atomic mass is 9.94. The van der Waals surface area contributed by atoms with Crippen LogP contribution in [-0.4, -0.2) is 26.3 Å². The topological polar surface area (TPSA) is 53.7 Å². The Hall–Kier alpha value is -1.60. The van der Waals surface area contributed by atoms with Crippen LogP contribution in [0.1, 0.15) is 37.0 Å². The molecule has 150 valence electrons. The Kier molecular flexibility index (Phi) is 5.06. The molecule has 1 aromatic heterocycles. The SMILES string of the molecule is O=C1C(=Cc2oc(-c3ccc(Cl)cc3)cc2CO)SC(=S)N1C1CC2CCC1C2. The number of amides is 1. The summed E-state index contributed by atoms with van der Waals surface area (Å²) in [5, 5.41) is 10.4. The molecule has 1 amide bonds. The van der Waals surface area contributed by atoms with Gasteiger partial charge in [-0.25, -0.2) is 0 Å². The minimum atomic E-state index is -0.171. The van der Waals surface area contributed by atoms with Crippen molar-refractivity contribution in [1.29, 1.82) is 0 Å². The summed E-state index contributed by atoms with van der Waals surface area (Å²) in [6, 6.07) is 9.34. The maximum atomic E-state index is 13.1. The molecule has 1 saturated heterocycles. The predicted octanol–water partition coefficient (Wildman–Crippen LogP) is 5.48. The summed E-state index contributed by atoms with van der Waals surface area (Å²) in [6.45, 7) is -0.171. The summed E-state index contributed by atoms with van der Waals surface area (Å²) in [5.41, 5.74) is 1.50. The van der Waals surface area contributed by atoms with E-state index in [1.807, 2.05) is 17.0 Å². The lowest BCUT2D eigenvalue weighted by Crippen LogP contribution is -2.41. The van der Waals surface area contributed by atoms with Crippen molar-refractivity contribution >= 4 is 51.9 Å². The fraction of sp³-hybridized carbons (Fsp3) is 0.364. The maximum Gasteiger partial charge on any atom is 0.266 e. The highest BCUT2D eigenvalue weighted by Crippen LogP contribution is 2.49. The molecule has 7 heteroatoms. The molecule has 2 heterocycles. The summed E-state index contributed by atoms with van der Waals surface area (Å²) < 4.78 is 6.61. The van der Waals surface area contributed by atoms with Gasteiger partial charge in [-0.1, -0.05) is 42.0 Å². The van der Waals surface area contributed by atoms with Crippen LogP contribution in [0.25, 0.3) is 17.4 Å². The molecule has 2 aliphatic carbocycles. The van der Waals surface area contributed by atoms with E-state index in [0.29, 0.717) is 37.3 Å². The zero-order valence-corrected chi connectivity index (χ0v) is 18.0. The number of thiocarbonyl (C=S) groups is 1. The van der Waals surface area contributed by atoms with Gasteiger partial charge < -0.3 is 9.52 Å². The summed E-state index contributed by atoms with van der Waals surface area (Å²) >= 11 is 12.8. The zero-order chi connectivity index (χ0) is 20.1. The van der Waals surface area contributed by atoms with E-state index >= 15 is 0 Å². The molecule has 1 aliphatic heterocycles. The number of fused-ring (bicyclic) bond motifs is 2. The third kappa shape index (κ3) is 3.46. The van der Waals surface area contributed by atoms with Crippen molar-refractivity contribution in [3.05, 3.63) is 51.6 Å². The van der Waals surface area contributed by atoms with E-state index in [9.17, 15) is 9.90 Å². The highest BCUT2D eigenvalue weighted by molar-refractivity contribution is 8.26. The highest BCUT2D eigenvalue weighted by Gasteiger charge is 2.48. The third-order valence-electron chi connectivity index (χ3n) is 6.26. The molecule has 2 bridgehead atoms. The minimum absolute atomic E-state index is 0.0362. The number of nitrogens with zero attached hydrogens (tertiary/aromatic N) is 1. The summed E-state index contributed by atoms with van der Waals surface area (Å²) in [5.74, 6) is 2.40. The van der Waals surface area contributed by atoms with Crippen molar-refractivity contribution in [2.45, 2.75) is 38.3 Å². The number of rotatable bonds is 4. The molecular weight excluding hydrogens is 426 g/mol. The lowest BCUT2D eigenvalue weighted by molar-refractivity contribution is -0.124. The molecule has 0 radical (unpaired) electrons. The van der Waals surface area contributed by atoms with E-state index in [2.05, 4.69) is 0 Å². The van der Waals surface area contributed by atoms with Gasteiger partial charge in [0.25, 0.3) is 5.91 Å². The number of thioether (sulfide) groups is 1. The molecule has 3 aliphatic rings. The van der Waals surface area contributed by atoms with Crippen LogP contribution >= 0.6 is 35.6 Å². The third-order valence-corrected chi connectivity index (χ3v) is 7.84. The van der Waals surface area contributed by atoms with Crippen LogP contribution in [0.2, 0.25) is 5.02 Å². The minimum Gasteiger partial charge on any atom is -0.456 e. The second kappa shape index (κ2) is 7.58. The second-order valence-electron chi connectivity index (χ2n) is 7.96. The zero-order valence-electron chi connectivity index (χ0n) is 15.6. The highest BCUT2D eigenvalue weighted by atomic mass is 35.5. The van der Waals surface area contributed by atoms with Gasteiger partial charge in [0, 0.05) is 28.3 Å². The van der Waals surface area contributed by atoms with E-state index in [1.165, 1.54) is 31.0 Å². The molecule has 1 N–H and O–H groups in total. The van der Waals surface area contributed by atoms with Gasteiger partial charge in [-0.2, -0.15) is 0 Å². The van der Waals surface area contributed by atoms with E-state index in [4.69, 9.17) is 28.2 Å². The summed E-state index contributed by atoms with van der Waals surface area (Å²) in [4.78, 5) is 15.5. The van der Waals surface area contributed by atoms with E-state index < -0.39 is 0 Å². The Morgan fingerprint density at radius 2 is 2.07 bits per heavy atom. The molecule has 3 atom stereocenters. The van der Waals surface area contributed by atoms with Crippen molar-refractivity contribution in [3.63, 3.8) is 0 Å². The molecule has 5 rings (SSSR count). The van der Waals surface area contributed by atoms with Crippen LogP contribution in [0, 0.1) is 11.8 Å². The van der Waals surface area contributed by atoms with Crippen LogP contribution in [-0.2, 0) is 11.4 Å². The van der Waals surface area contributed by atoms with Crippen molar-refractivity contribution in [3.8, 4) is 11.3 Å². The van der Waals surface area contributed by atoms with Gasteiger partial charge >= 0.3 is 0 Å². The van der Waals surface area contributed by atoms with Crippen molar-refractivity contribution in [2.24, 2.45) is 11.8 Å². The van der Waals surface area contributed by atoms with Gasteiger partial charge in [-0.05, 0) is 61.4 Å². The average Bonchev–Trinajstić information content (AvgIpc) is 3.47. The van der Waals surface area contributed by atoms with Crippen molar-refractivity contribution in [1.82, 2.24) is 4.90 Å². The molecule has 3 fully saturated rings. The number of aliphatic hydroxyl groups is 1. The summed E-state index contributed by atoms with van der Waals surface area (Å²) in [6.07, 6.45) is 6.48. The Morgan fingerprint density at radius 1 is 1.28 bits per heavy atom. The monoisotopic (exact) mass is 445 g/mol. The van der Waals surface area contributed by atoms with E-state index in [1.54, 1.807) is 24.3 Å². The average molecular weight is 446 g/mol. The van der Waals surface area contributed by atoms with E-state index in [-0.39, 0.29) is 18.6 Å². The lowest BCUT2D eigenvalue weighted by Gasteiger charge is -2.30. The van der Waals surface area contributed by atoms with Crippen molar-refractivity contribution < 1.29 is 14.3 Å². The number of benzene rings is 1. The molecule has 2 saturated carbocycles. The first-order valence-corrected chi connectivity index (χ1v) is 11.4. The fourth-order valence-electron chi connectivity index (χ4n) is 4.86. The maximum absolute atomic E-state index is 13.1. The van der Waals surface area contributed by atoms with Gasteiger partial charge in [0.2, 0.25) is 0 Å². The molecule has 4 nitrogen and oxygen atoms in total. The van der Waals surface area contributed by atoms with Crippen LogP contribution in [0.5, 0.6) is 0 Å². The molecule has 3 unspecified atom stereocenters. The summed E-state index contributed by atoms with van der Waals surface area (Å²) in [7, 11) is 0. The van der Waals surface area contributed by atoms with Crippen LogP contribution < -0.4 is 0 Å². The fourth-order valence-corrected chi connectivity index (χ4v) is 6.33. The molecule has 0 spiro atoms. The number of furan rings is 1. The first-order valence-electron chi connectivity index (χ1n) is 9.80. The van der Waals surface area contributed by atoms with Crippen LogP contribution in [0.3, 0.4) is 0 Å². The van der Waals surface area contributed by atoms with Gasteiger partial charge in [-0.15, -0.1) is 0 Å². The van der Waals surface area contributed by atoms with E-state index in [0.717, 1.165) is 17.9 Å². The number of carbonyl (C=O) groups is 1. The predicted molar refractivity (Wildman–Crippen MR) is 119 cm³/mol. The first kappa shape index (κ1) is 19.4. The first-order chi connectivity index (χ1) is 14.0. The van der Waals surface area contributed by atoms with Gasteiger partial charge in [0.05, 0.1) is 11.5 Å². The molecular formula is C22H20ClNO3S2. The Balaban J connectivity index is 1.43. The van der Waals surface area contributed by atoms with Gasteiger partial charge in [-0.3, -0.25) is 9.69 Å². The number of carbonyl (C=O) groups excluding carboxylic acids is 1. The van der Waals surface area contributed by atoms with Crippen LogP contribution in [0.4, 0.5) is 0 Å². The standard InChI is InChI=1S/C22H20ClNO3S2/c23-16-5-3-13(4-6-16)18-9-15(11-25)19(27-18)10-20-21(26)24(22(28)29-20)17-8-12-1-2-14(17)7-12/h3-6,9-10,12,14,17,25H,1-2,7-8,11H2. The smallest absolute Gasteiger partial charge is 0.266 e. The second-order valence-corrected chi connectivity index (χ2v) is 10.1.